The fourth-order valence-electron chi connectivity index (χ4n) is 2.70. The number of aromatic nitrogens is 1. The summed E-state index contributed by atoms with van der Waals surface area (Å²) in [7, 11) is 0. The third-order valence-corrected chi connectivity index (χ3v) is 3.69. The van der Waals surface area contributed by atoms with Crippen molar-refractivity contribution in [2.45, 2.75) is 25.7 Å². The SMILES string of the molecule is Cc1ccccc1C(=O)C1CCc2cccnc21. The number of nitrogens with zero attached hydrogens (tertiary/aromatic N) is 1. The zero-order valence-corrected chi connectivity index (χ0v) is 10.4. The molecule has 0 bridgehead atoms. The maximum absolute atomic E-state index is 12.6. The minimum Gasteiger partial charge on any atom is -0.293 e. The number of carbonyl (C=O) groups is 1. The van der Waals surface area contributed by atoms with E-state index in [2.05, 4.69) is 11.1 Å². The molecule has 0 aliphatic heterocycles. The summed E-state index contributed by atoms with van der Waals surface area (Å²) < 4.78 is 0. The molecule has 1 atom stereocenters. The van der Waals surface area contributed by atoms with Crippen molar-refractivity contribution >= 4 is 5.78 Å². The fraction of sp³-hybridized carbons (Fsp3) is 0.250. The predicted octanol–water partition coefficient (Wildman–Crippen LogP) is 3.30. The molecule has 1 heterocycles. The number of benzene rings is 1. The molecule has 90 valence electrons. The average Bonchev–Trinajstić information content (AvgIpc) is 2.82. The Kier molecular flexibility index (Phi) is 2.71. The lowest BCUT2D eigenvalue weighted by atomic mass is 9.93. The van der Waals surface area contributed by atoms with Crippen molar-refractivity contribution in [3.8, 4) is 0 Å². The molecule has 1 aliphatic rings. The van der Waals surface area contributed by atoms with Crippen LogP contribution in [0.15, 0.2) is 42.6 Å². The maximum Gasteiger partial charge on any atom is 0.172 e. The van der Waals surface area contributed by atoms with Crippen LogP contribution in [0.25, 0.3) is 0 Å². The minimum atomic E-state index is -0.0534. The summed E-state index contributed by atoms with van der Waals surface area (Å²) >= 11 is 0. The predicted molar refractivity (Wildman–Crippen MR) is 70.8 cm³/mol. The largest absolute Gasteiger partial charge is 0.293 e. The molecule has 3 rings (SSSR count). The van der Waals surface area contributed by atoms with Gasteiger partial charge in [0.2, 0.25) is 0 Å². The van der Waals surface area contributed by atoms with E-state index in [4.69, 9.17) is 0 Å². The summed E-state index contributed by atoms with van der Waals surface area (Å²) in [6.07, 6.45) is 3.63. The molecule has 2 heteroatoms. The van der Waals surface area contributed by atoms with Gasteiger partial charge in [0.25, 0.3) is 0 Å². The second kappa shape index (κ2) is 4.37. The van der Waals surface area contributed by atoms with Crippen LogP contribution in [0.5, 0.6) is 0 Å². The Morgan fingerprint density at radius 1 is 1.22 bits per heavy atom. The van der Waals surface area contributed by atoms with E-state index in [1.807, 2.05) is 37.3 Å². The molecule has 0 radical (unpaired) electrons. The zero-order chi connectivity index (χ0) is 12.5. The van der Waals surface area contributed by atoms with Gasteiger partial charge in [0.1, 0.15) is 0 Å². The van der Waals surface area contributed by atoms with Gasteiger partial charge in [0.15, 0.2) is 5.78 Å². The number of aryl methyl sites for hydroxylation is 2. The molecule has 0 saturated heterocycles. The van der Waals surface area contributed by atoms with E-state index in [-0.39, 0.29) is 11.7 Å². The lowest BCUT2D eigenvalue weighted by molar-refractivity contribution is 0.0957. The first kappa shape index (κ1) is 11.1. The van der Waals surface area contributed by atoms with E-state index in [1.54, 1.807) is 6.20 Å². The van der Waals surface area contributed by atoms with E-state index < -0.39 is 0 Å². The number of Topliss-reactive ketones (excluding diaryl/α,β-unsaturated/α-hetero) is 1. The van der Waals surface area contributed by atoms with Gasteiger partial charge in [-0.25, -0.2) is 0 Å². The van der Waals surface area contributed by atoms with E-state index in [9.17, 15) is 4.79 Å². The second-order valence-electron chi connectivity index (χ2n) is 4.82. The van der Waals surface area contributed by atoms with Gasteiger partial charge >= 0.3 is 0 Å². The Labute approximate surface area is 107 Å². The molecular weight excluding hydrogens is 222 g/mol. The molecule has 1 aliphatic carbocycles. The Morgan fingerprint density at radius 3 is 2.89 bits per heavy atom. The number of ketones is 1. The highest BCUT2D eigenvalue weighted by molar-refractivity contribution is 6.02. The van der Waals surface area contributed by atoms with Gasteiger partial charge in [-0.1, -0.05) is 30.3 Å². The van der Waals surface area contributed by atoms with Crippen LogP contribution in [0.4, 0.5) is 0 Å². The van der Waals surface area contributed by atoms with Crippen molar-refractivity contribution in [1.82, 2.24) is 4.98 Å². The maximum atomic E-state index is 12.6. The summed E-state index contributed by atoms with van der Waals surface area (Å²) in [5, 5.41) is 0. The molecule has 0 fully saturated rings. The van der Waals surface area contributed by atoms with Gasteiger partial charge in [-0.05, 0) is 37.0 Å². The number of carbonyl (C=O) groups excluding carboxylic acids is 1. The van der Waals surface area contributed by atoms with E-state index >= 15 is 0 Å². The summed E-state index contributed by atoms with van der Waals surface area (Å²) in [6, 6.07) is 11.8. The molecule has 1 aromatic heterocycles. The van der Waals surface area contributed by atoms with Crippen LogP contribution in [0.3, 0.4) is 0 Å². The van der Waals surface area contributed by atoms with Gasteiger partial charge in [-0.3, -0.25) is 9.78 Å². The molecule has 0 amide bonds. The Balaban J connectivity index is 1.99. The number of fused-ring (bicyclic) bond motifs is 1. The van der Waals surface area contributed by atoms with Gasteiger partial charge in [0, 0.05) is 11.8 Å². The van der Waals surface area contributed by atoms with E-state index in [0.717, 1.165) is 29.7 Å². The molecule has 0 saturated carbocycles. The monoisotopic (exact) mass is 237 g/mol. The molecule has 2 aromatic rings. The Hall–Kier alpha value is -1.96. The van der Waals surface area contributed by atoms with Gasteiger partial charge in [-0.2, -0.15) is 0 Å². The summed E-state index contributed by atoms with van der Waals surface area (Å²) in [5.74, 6) is 0.160. The summed E-state index contributed by atoms with van der Waals surface area (Å²) in [5.41, 5.74) is 4.09. The minimum absolute atomic E-state index is 0.0534. The van der Waals surface area contributed by atoms with Crippen molar-refractivity contribution < 1.29 is 4.79 Å². The standard InChI is InChI=1S/C16H15NO/c1-11-5-2-3-7-13(11)16(18)14-9-8-12-6-4-10-17-15(12)14/h2-7,10,14H,8-9H2,1H3. The molecule has 1 aromatic carbocycles. The summed E-state index contributed by atoms with van der Waals surface area (Å²) in [6.45, 7) is 1.99. The van der Waals surface area contributed by atoms with Crippen molar-refractivity contribution in [3.63, 3.8) is 0 Å². The third kappa shape index (κ3) is 1.74. The highest BCUT2D eigenvalue weighted by atomic mass is 16.1. The molecule has 18 heavy (non-hydrogen) atoms. The number of hydrogen-bond donors (Lipinski definition) is 0. The van der Waals surface area contributed by atoms with Crippen LogP contribution in [0.1, 0.15) is 39.5 Å². The van der Waals surface area contributed by atoms with Crippen molar-refractivity contribution in [2.75, 3.05) is 0 Å². The first-order chi connectivity index (χ1) is 8.77. The fourth-order valence-corrected chi connectivity index (χ4v) is 2.70. The highest BCUT2D eigenvalue weighted by Crippen LogP contribution is 2.34. The Bertz CT molecular complexity index is 604. The summed E-state index contributed by atoms with van der Waals surface area (Å²) in [4.78, 5) is 17.0. The number of pyridine rings is 1. The van der Waals surface area contributed by atoms with Gasteiger partial charge in [-0.15, -0.1) is 0 Å². The molecule has 0 spiro atoms. The second-order valence-corrected chi connectivity index (χ2v) is 4.82. The lowest BCUT2D eigenvalue weighted by Gasteiger charge is -2.11. The zero-order valence-electron chi connectivity index (χ0n) is 10.4. The molecule has 2 nitrogen and oxygen atoms in total. The molecular formula is C16H15NO. The van der Waals surface area contributed by atoms with Gasteiger partial charge < -0.3 is 0 Å². The number of hydrogen-bond acceptors (Lipinski definition) is 2. The van der Waals surface area contributed by atoms with Crippen LogP contribution >= 0.6 is 0 Å². The van der Waals surface area contributed by atoms with Crippen molar-refractivity contribution in [2.24, 2.45) is 0 Å². The van der Waals surface area contributed by atoms with Crippen molar-refractivity contribution in [1.29, 1.82) is 0 Å². The highest BCUT2D eigenvalue weighted by Gasteiger charge is 2.30. The first-order valence-corrected chi connectivity index (χ1v) is 6.31. The quantitative estimate of drug-likeness (QED) is 0.750. The van der Waals surface area contributed by atoms with E-state index in [1.165, 1.54) is 5.56 Å². The van der Waals surface area contributed by atoms with Crippen LogP contribution < -0.4 is 0 Å². The van der Waals surface area contributed by atoms with Crippen LogP contribution in [0, 0.1) is 6.92 Å². The smallest absolute Gasteiger partial charge is 0.172 e. The van der Waals surface area contributed by atoms with Crippen molar-refractivity contribution in [3.05, 3.63) is 65.0 Å². The first-order valence-electron chi connectivity index (χ1n) is 6.31. The van der Waals surface area contributed by atoms with E-state index in [0.29, 0.717) is 0 Å². The number of rotatable bonds is 2. The topological polar surface area (TPSA) is 30.0 Å². The molecule has 0 N–H and O–H groups in total. The van der Waals surface area contributed by atoms with Crippen LogP contribution in [-0.2, 0) is 6.42 Å². The van der Waals surface area contributed by atoms with Crippen LogP contribution in [0.2, 0.25) is 0 Å². The average molecular weight is 237 g/mol. The molecule has 1 unspecified atom stereocenters. The van der Waals surface area contributed by atoms with Crippen LogP contribution in [-0.4, -0.2) is 10.8 Å². The van der Waals surface area contributed by atoms with Gasteiger partial charge in [0.05, 0.1) is 11.6 Å². The Morgan fingerprint density at radius 2 is 2.06 bits per heavy atom. The normalized spacial score (nSPS) is 17.5. The third-order valence-electron chi connectivity index (χ3n) is 3.69. The lowest BCUT2D eigenvalue weighted by Crippen LogP contribution is -2.12.